The fourth-order valence-corrected chi connectivity index (χ4v) is 1.81. The standard InChI is InChI=1S/C10H18N2O3/c1-14-6-7-15-5-4-12-8-11-10(2-3-10)9(12)13/h11H,2-8H2,1H3. The Labute approximate surface area is 89.7 Å². The van der Waals surface area contributed by atoms with Crippen molar-refractivity contribution < 1.29 is 14.3 Å². The van der Waals surface area contributed by atoms with Crippen molar-refractivity contribution in [3.8, 4) is 0 Å². The molecule has 0 aromatic rings. The van der Waals surface area contributed by atoms with E-state index in [4.69, 9.17) is 9.47 Å². The topological polar surface area (TPSA) is 50.8 Å². The van der Waals surface area contributed by atoms with Crippen molar-refractivity contribution in [1.29, 1.82) is 0 Å². The molecule has 1 amide bonds. The fraction of sp³-hybridized carbons (Fsp3) is 0.900. The lowest BCUT2D eigenvalue weighted by Crippen LogP contribution is -2.34. The van der Waals surface area contributed by atoms with Crippen LogP contribution in [-0.2, 0) is 14.3 Å². The summed E-state index contributed by atoms with van der Waals surface area (Å²) in [6.45, 7) is 3.14. The zero-order valence-electron chi connectivity index (χ0n) is 9.12. The highest BCUT2D eigenvalue weighted by Gasteiger charge is 2.55. The highest BCUT2D eigenvalue weighted by Crippen LogP contribution is 2.39. The van der Waals surface area contributed by atoms with Gasteiger partial charge in [-0.25, -0.2) is 0 Å². The van der Waals surface area contributed by atoms with Gasteiger partial charge in [-0.2, -0.15) is 0 Å². The summed E-state index contributed by atoms with van der Waals surface area (Å²) in [6, 6.07) is 0. The van der Waals surface area contributed by atoms with Crippen molar-refractivity contribution >= 4 is 5.91 Å². The van der Waals surface area contributed by atoms with Gasteiger partial charge in [0, 0.05) is 13.7 Å². The molecule has 0 bridgehead atoms. The Balaban J connectivity index is 1.62. The van der Waals surface area contributed by atoms with Crippen LogP contribution >= 0.6 is 0 Å². The van der Waals surface area contributed by atoms with E-state index in [1.807, 2.05) is 4.90 Å². The third kappa shape index (κ3) is 2.30. The molecule has 1 spiro atoms. The minimum atomic E-state index is -0.174. The van der Waals surface area contributed by atoms with Crippen LogP contribution in [0.1, 0.15) is 12.8 Å². The number of nitrogens with one attached hydrogen (secondary N) is 1. The summed E-state index contributed by atoms with van der Waals surface area (Å²) < 4.78 is 10.2. The van der Waals surface area contributed by atoms with Crippen LogP contribution in [0.15, 0.2) is 0 Å². The molecule has 1 saturated heterocycles. The second-order valence-electron chi connectivity index (χ2n) is 4.09. The number of rotatable bonds is 6. The molecular weight excluding hydrogens is 196 g/mol. The molecule has 5 nitrogen and oxygen atoms in total. The van der Waals surface area contributed by atoms with Crippen molar-refractivity contribution in [2.75, 3.05) is 40.1 Å². The highest BCUT2D eigenvalue weighted by atomic mass is 16.5. The molecule has 0 aromatic carbocycles. The normalized spacial score (nSPS) is 22.7. The van der Waals surface area contributed by atoms with Crippen LogP contribution < -0.4 is 5.32 Å². The summed E-state index contributed by atoms with van der Waals surface area (Å²) >= 11 is 0. The quantitative estimate of drug-likeness (QED) is 0.610. The lowest BCUT2D eigenvalue weighted by Gasteiger charge is -2.14. The van der Waals surface area contributed by atoms with Gasteiger partial charge in [0.15, 0.2) is 0 Å². The second-order valence-corrected chi connectivity index (χ2v) is 4.09. The first kappa shape index (κ1) is 10.9. The van der Waals surface area contributed by atoms with Crippen LogP contribution in [0.2, 0.25) is 0 Å². The molecule has 0 atom stereocenters. The first-order valence-electron chi connectivity index (χ1n) is 5.40. The van der Waals surface area contributed by atoms with Crippen molar-refractivity contribution in [1.82, 2.24) is 10.2 Å². The number of nitrogens with zero attached hydrogens (tertiary/aromatic N) is 1. The predicted octanol–water partition coefficient (Wildman–Crippen LogP) is -0.429. The minimum absolute atomic E-state index is 0.174. The lowest BCUT2D eigenvalue weighted by molar-refractivity contribution is -0.130. The maximum atomic E-state index is 11.8. The van der Waals surface area contributed by atoms with E-state index in [1.54, 1.807) is 7.11 Å². The van der Waals surface area contributed by atoms with E-state index in [9.17, 15) is 4.79 Å². The van der Waals surface area contributed by atoms with Crippen LogP contribution in [-0.4, -0.2) is 56.5 Å². The molecule has 1 aliphatic carbocycles. The third-order valence-corrected chi connectivity index (χ3v) is 2.99. The zero-order chi connectivity index (χ0) is 10.7. The summed E-state index contributed by atoms with van der Waals surface area (Å²) in [5, 5.41) is 3.26. The highest BCUT2D eigenvalue weighted by molar-refractivity contribution is 5.91. The van der Waals surface area contributed by atoms with Crippen molar-refractivity contribution in [2.24, 2.45) is 0 Å². The van der Waals surface area contributed by atoms with Crippen LogP contribution in [0.4, 0.5) is 0 Å². The Morgan fingerprint density at radius 2 is 2.20 bits per heavy atom. The van der Waals surface area contributed by atoms with Crippen molar-refractivity contribution in [3.05, 3.63) is 0 Å². The van der Waals surface area contributed by atoms with Crippen LogP contribution in [0.5, 0.6) is 0 Å². The SMILES string of the molecule is COCCOCCN1CNC2(CC2)C1=O. The van der Waals surface area contributed by atoms with Crippen LogP contribution in [0.25, 0.3) is 0 Å². The first-order valence-corrected chi connectivity index (χ1v) is 5.40. The van der Waals surface area contributed by atoms with Crippen molar-refractivity contribution in [2.45, 2.75) is 18.4 Å². The molecule has 0 radical (unpaired) electrons. The monoisotopic (exact) mass is 214 g/mol. The Kier molecular flexibility index (Phi) is 3.23. The van der Waals surface area contributed by atoms with Gasteiger partial charge in [0.1, 0.15) is 0 Å². The van der Waals surface area contributed by atoms with Gasteiger partial charge < -0.3 is 14.4 Å². The van der Waals surface area contributed by atoms with Gasteiger partial charge in [-0.3, -0.25) is 10.1 Å². The lowest BCUT2D eigenvalue weighted by atomic mass is 10.3. The van der Waals surface area contributed by atoms with E-state index >= 15 is 0 Å². The summed E-state index contributed by atoms with van der Waals surface area (Å²) in [4.78, 5) is 13.6. The Morgan fingerprint density at radius 1 is 1.40 bits per heavy atom. The second kappa shape index (κ2) is 4.47. The Morgan fingerprint density at radius 3 is 2.80 bits per heavy atom. The van der Waals surface area contributed by atoms with Gasteiger partial charge >= 0.3 is 0 Å². The number of amides is 1. The van der Waals surface area contributed by atoms with E-state index in [0.717, 1.165) is 12.8 Å². The number of carbonyl (C=O) groups is 1. The summed E-state index contributed by atoms with van der Waals surface area (Å²) in [5.41, 5.74) is -0.174. The molecule has 5 heteroatoms. The molecule has 2 rings (SSSR count). The van der Waals surface area contributed by atoms with Crippen molar-refractivity contribution in [3.63, 3.8) is 0 Å². The fourth-order valence-electron chi connectivity index (χ4n) is 1.81. The summed E-state index contributed by atoms with van der Waals surface area (Å²) in [6.07, 6.45) is 1.99. The van der Waals surface area contributed by atoms with Gasteiger partial charge in [0.25, 0.3) is 0 Å². The maximum absolute atomic E-state index is 11.8. The zero-order valence-corrected chi connectivity index (χ0v) is 9.12. The maximum Gasteiger partial charge on any atom is 0.244 e. The van der Waals surface area contributed by atoms with Gasteiger partial charge in [-0.15, -0.1) is 0 Å². The molecular formula is C10H18N2O3. The third-order valence-electron chi connectivity index (χ3n) is 2.99. The van der Waals surface area contributed by atoms with Gasteiger partial charge in [0.2, 0.25) is 5.91 Å². The molecule has 0 unspecified atom stereocenters. The molecule has 15 heavy (non-hydrogen) atoms. The number of carbonyl (C=O) groups excluding carboxylic acids is 1. The molecule has 2 fully saturated rings. The number of ether oxygens (including phenoxy) is 2. The van der Waals surface area contributed by atoms with E-state index in [2.05, 4.69) is 5.32 Å². The van der Waals surface area contributed by atoms with E-state index in [-0.39, 0.29) is 11.4 Å². The predicted molar refractivity (Wildman–Crippen MR) is 54.4 cm³/mol. The molecule has 1 N–H and O–H groups in total. The average molecular weight is 214 g/mol. The van der Waals surface area contributed by atoms with Crippen LogP contribution in [0, 0.1) is 0 Å². The molecule has 1 heterocycles. The molecule has 86 valence electrons. The number of hydrogen-bond donors (Lipinski definition) is 1. The molecule has 1 aliphatic heterocycles. The molecule has 1 saturated carbocycles. The Hall–Kier alpha value is -0.650. The number of methoxy groups -OCH3 is 1. The van der Waals surface area contributed by atoms with E-state index < -0.39 is 0 Å². The average Bonchev–Trinajstić information content (AvgIpc) is 2.96. The van der Waals surface area contributed by atoms with E-state index in [0.29, 0.717) is 33.0 Å². The molecule has 2 aliphatic rings. The summed E-state index contributed by atoms with van der Waals surface area (Å²) in [5.74, 6) is 0.248. The van der Waals surface area contributed by atoms with Gasteiger partial charge in [-0.1, -0.05) is 0 Å². The largest absolute Gasteiger partial charge is 0.382 e. The molecule has 0 aromatic heterocycles. The minimum Gasteiger partial charge on any atom is -0.382 e. The number of hydrogen-bond acceptors (Lipinski definition) is 4. The smallest absolute Gasteiger partial charge is 0.244 e. The van der Waals surface area contributed by atoms with Crippen LogP contribution in [0.3, 0.4) is 0 Å². The van der Waals surface area contributed by atoms with Gasteiger partial charge in [0.05, 0.1) is 32.0 Å². The first-order chi connectivity index (χ1) is 7.28. The Bertz CT molecular complexity index is 241. The summed E-state index contributed by atoms with van der Waals surface area (Å²) in [7, 11) is 1.65. The van der Waals surface area contributed by atoms with Gasteiger partial charge in [-0.05, 0) is 12.8 Å². The van der Waals surface area contributed by atoms with E-state index in [1.165, 1.54) is 0 Å².